The summed E-state index contributed by atoms with van der Waals surface area (Å²) in [6.45, 7) is 6.53. The molecule has 0 spiro atoms. The van der Waals surface area contributed by atoms with Crippen molar-refractivity contribution >= 4 is 28.0 Å². The van der Waals surface area contributed by atoms with Crippen LogP contribution in [0.15, 0.2) is 22.7 Å². The second-order valence-corrected chi connectivity index (χ2v) is 5.51. The number of halogens is 1. The van der Waals surface area contributed by atoms with Gasteiger partial charge in [0, 0.05) is 6.08 Å². The van der Waals surface area contributed by atoms with E-state index in [1.807, 2.05) is 19.9 Å². The zero-order chi connectivity index (χ0) is 15.8. The van der Waals surface area contributed by atoms with Crippen molar-refractivity contribution in [2.45, 2.75) is 39.7 Å². The van der Waals surface area contributed by atoms with Crippen LogP contribution in [0, 0.1) is 0 Å². The van der Waals surface area contributed by atoms with E-state index < -0.39 is 5.97 Å². The van der Waals surface area contributed by atoms with Gasteiger partial charge in [-0.3, -0.25) is 0 Å². The Morgan fingerprint density at radius 1 is 1.43 bits per heavy atom. The zero-order valence-corrected chi connectivity index (χ0v) is 14.1. The molecular formula is C16H21BrO4. The topological polar surface area (TPSA) is 55.8 Å². The van der Waals surface area contributed by atoms with Crippen molar-refractivity contribution in [3.63, 3.8) is 0 Å². The first-order valence-corrected chi connectivity index (χ1v) is 7.81. The summed E-state index contributed by atoms with van der Waals surface area (Å²) in [5.41, 5.74) is 0.739. The van der Waals surface area contributed by atoms with Crippen molar-refractivity contribution in [1.82, 2.24) is 0 Å². The Morgan fingerprint density at radius 2 is 2.14 bits per heavy atom. The Bertz CT molecular complexity index is 511. The highest BCUT2D eigenvalue weighted by Gasteiger charge is 2.14. The van der Waals surface area contributed by atoms with Crippen LogP contribution in [0.1, 0.15) is 39.2 Å². The Balaban J connectivity index is 3.09. The summed E-state index contributed by atoms with van der Waals surface area (Å²) in [5, 5.41) is 8.69. The first-order chi connectivity index (χ1) is 9.97. The molecular weight excluding hydrogens is 336 g/mol. The van der Waals surface area contributed by atoms with Crippen LogP contribution in [-0.2, 0) is 4.79 Å². The van der Waals surface area contributed by atoms with Crippen molar-refractivity contribution in [3.8, 4) is 11.5 Å². The fraction of sp³-hybridized carbons (Fsp3) is 0.438. The van der Waals surface area contributed by atoms with E-state index in [1.54, 1.807) is 6.07 Å². The van der Waals surface area contributed by atoms with Gasteiger partial charge < -0.3 is 14.6 Å². The molecule has 1 aromatic rings. The predicted octanol–water partition coefficient (Wildman–Crippen LogP) is 4.51. The summed E-state index contributed by atoms with van der Waals surface area (Å²) in [6, 6.07) is 3.59. The second kappa shape index (κ2) is 8.72. The van der Waals surface area contributed by atoms with Gasteiger partial charge in [0.25, 0.3) is 0 Å². The van der Waals surface area contributed by atoms with Crippen LogP contribution in [0.5, 0.6) is 11.5 Å². The molecule has 1 N–H and O–H groups in total. The van der Waals surface area contributed by atoms with E-state index in [0.29, 0.717) is 18.1 Å². The average molecular weight is 357 g/mol. The summed E-state index contributed by atoms with van der Waals surface area (Å²) < 4.78 is 12.3. The lowest BCUT2D eigenvalue weighted by Crippen LogP contribution is -2.12. The number of carbonyl (C=O) groups is 1. The maximum absolute atomic E-state index is 10.6. The average Bonchev–Trinajstić information content (AvgIpc) is 2.41. The number of rotatable bonds is 8. The molecule has 0 bridgehead atoms. The van der Waals surface area contributed by atoms with Crippen LogP contribution < -0.4 is 9.47 Å². The van der Waals surface area contributed by atoms with Crippen LogP contribution in [0.2, 0.25) is 0 Å². The standard InChI is InChI=1S/C16H21BrO4/c1-4-6-11(3)21-16-13(17)9-12(7-8-15(18)19)10-14(16)20-5-2/h7-11H,4-6H2,1-3H3,(H,18,19)/b8-7+. The van der Waals surface area contributed by atoms with Gasteiger partial charge in [-0.15, -0.1) is 0 Å². The van der Waals surface area contributed by atoms with Crippen LogP contribution in [-0.4, -0.2) is 23.8 Å². The first kappa shape index (κ1) is 17.6. The number of hydrogen-bond donors (Lipinski definition) is 1. The number of benzene rings is 1. The molecule has 116 valence electrons. The quantitative estimate of drug-likeness (QED) is 0.696. The van der Waals surface area contributed by atoms with Crippen LogP contribution in [0.3, 0.4) is 0 Å². The van der Waals surface area contributed by atoms with Gasteiger partial charge >= 0.3 is 5.97 Å². The van der Waals surface area contributed by atoms with E-state index in [-0.39, 0.29) is 6.10 Å². The molecule has 1 rings (SSSR count). The largest absolute Gasteiger partial charge is 0.490 e. The van der Waals surface area contributed by atoms with Gasteiger partial charge in [0.05, 0.1) is 17.2 Å². The lowest BCUT2D eigenvalue weighted by Gasteiger charge is -2.19. The minimum Gasteiger partial charge on any atom is -0.490 e. The number of carboxylic acids is 1. The van der Waals surface area contributed by atoms with Crippen molar-refractivity contribution < 1.29 is 19.4 Å². The Morgan fingerprint density at radius 3 is 2.71 bits per heavy atom. The van der Waals surface area contributed by atoms with Gasteiger partial charge in [0.2, 0.25) is 0 Å². The van der Waals surface area contributed by atoms with Gasteiger partial charge in [0.15, 0.2) is 11.5 Å². The van der Waals surface area contributed by atoms with Crippen molar-refractivity contribution in [2.75, 3.05) is 6.61 Å². The van der Waals surface area contributed by atoms with E-state index in [1.165, 1.54) is 6.08 Å². The maximum atomic E-state index is 10.6. The molecule has 0 saturated heterocycles. The van der Waals surface area contributed by atoms with E-state index in [9.17, 15) is 4.79 Å². The predicted molar refractivity (Wildman–Crippen MR) is 87.0 cm³/mol. The van der Waals surface area contributed by atoms with Gasteiger partial charge in [-0.1, -0.05) is 13.3 Å². The minimum absolute atomic E-state index is 0.0888. The number of carboxylic acid groups (broad SMARTS) is 1. The monoisotopic (exact) mass is 356 g/mol. The molecule has 1 atom stereocenters. The summed E-state index contributed by atoms with van der Waals surface area (Å²) in [5.74, 6) is 0.283. The number of hydrogen-bond acceptors (Lipinski definition) is 3. The molecule has 0 saturated carbocycles. The Kier molecular flexibility index (Phi) is 7.29. The molecule has 4 nitrogen and oxygen atoms in total. The summed E-state index contributed by atoms with van der Waals surface area (Å²) in [7, 11) is 0. The van der Waals surface area contributed by atoms with Gasteiger partial charge in [-0.2, -0.15) is 0 Å². The molecule has 0 aliphatic heterocycles. The van der Waals surface area contributed by atoms with Crippen LogP contribution >= 0.6 is 15.9 Å². The third-order valence-corrected chi connectivity index (χ3v) is 3.35. The molecule has 21 heavy (non-hydrogen) atoms. The Hall–Kier alpha value is -1.49. The number of aliphatic carboxylic acids is 1. The van der Waals surface area contributed by atoms with E-state index in [2.05, 4.69) is 22.9 Å². The van der Waals surface area contributed by atoms with Gasteiger partial charge in [-0.25, -0.2) is 4.79 Å². The molecule has 0 radical (unpaired) electrons. The molecule has 0 aliphatic carbocycles. The van der Waals surface area contributed by atoms with Crippen molar-refractivity contribution in [3.05, 3.63) is 28.2 Å². The van der Waals surface area contributed by atoms with E-state index in [0.717, 1.165) is 29.0 Å². The van der Waals surface area contributed by atoms with Crippen LogP contribution in [0.4, 0.5) is 0 Å². The normalized spacial score (nSPS) is 12.4. The first-order valence-electron chi connectivity index (χ1n) is 7.01. The summed E-state index contributed by atoms with van der Waals surface area (Å²) >= 11 is 3.47. The lowest BCUT2D eigenvalue weighted by molar-refractivity contribution is -0.131. The maximum Gasteiger partial charge on any atom is 0.328 e. The van der Waals surface area contributed by atoms with Crippen molar-refractivity contribution in [1.29, 1.82) is 0 Å². The number of ether oxygens (including phenoxy) is 2. The molecule has 1 unspecified atom stereocenters. The lowest BCUT2D eigenvalue weighted by atomic mass is 10.1. The molecule has 0 heterocycles. The highest BCUT2D eigenvalue weighted by atomic mass is 79.9. The smallest absolute Gasteiger partial charge is 0.328 e. The zero-order valence-electron chi connectivity index (χ0n) is 12.6. The molecule has 0 amide bonds. The van der Waals surface area contributed by atoms with E-state index in [4.69, 9.17) is 14.6 Å². The molecule has 0 aromatic heterocycles. The third kappa shape index (κ3) is 5.79. The highest BCUT2D eigenvalue weighted by Crippen LogP contribution is 2.38. The van der Waals surface area contributed by atoms with Gasteiger partial charge in [-0.05, 0) is 60.0 Å². The molecule has 5 heteroatoms. The van der Waals surface area contributed by atoms with Gasteiger partial charge in [0.1, 0.15) is 0 Å². The Labute approximate surface area is 133 Å². The minimum atomic E-state index is -0.985. The summed E-state index contributed by atoms with van der Waals surface area (Å²) in [6.07, 6.45) is 4.71. The SMILES string of the molecule is CCCC(C)Oc1c(Br)cc(/C=C/C(=O)O)cc1OCC. The van der Waals surface area contributed by atoms with Crippen molar-refractivity contribution in [2.24, 2.45) is 0 Å². The van der Waals surface area contributed by atoms with Crippen LogP contribution in [0.25, 0.3) is 6.08 Å². The third-order valence-electron chi connectivity index (χ3n) is 2.76. The molecule has 0 aliphatic rings. The molecule has 1 aromatic carbocycles. The second-order valence-electron chi connectivity index (χ2n) is 4.65. The molecule has 0 fully saturated rings. The fourth-order valence-electron chi connectivity index (χ4n) is 1.90. The fourth-order valence-corrected chi connectivity index (χ4v) is 2.45. The highest BCUT2D eigenvalue weighted by molar-refractivity contribution is 9.10. The summed E-state index contributed by atoms with van der Waals surface area (Å²) in [4.78, 5) is 10.6. The van der Waals surface area contributed by atoms with E-state index >= 15 is 0 Å².